The quantitative estimate of drug-likeness (QED) is 0.222. The van der Waals surface area contributed by atoms with E-state index in [-0.39, 0.29) is 34.5 Å². The molecular weight excluding hydrogens is 425 g/mol. The van der Waals surface area contributed by atoms with Crippen LogP contribution in [0.4, 0.5) is 10.1 Å². The monoisotopic (exact) mass is 457 g/mol. The number of hydrogen-bond acceptors (Lipinski definition) is 5. The van der Waals surface area contributed by atoms with Gasteiger partial charge in [0.1, 0.15) is 6.17 Å². The highest BCUT2D eigenvalue weighted by Gasteiger charge is 2.62. The summed E-state index contributed by atoms with van der Waals surface area (Å²) in [6.07, 6.45) is 5.49. The molecule has 1 aromatic rings. The van der Waals surface area contributed by atoms with E-state index in [1.54, 1.807) is 18.2 Å². The maximum absolute atomic E-state index is 14.3. The zero-order valence-corrected chi connectivity index (χ0v) is 19.1. The van der Waals surface area contributed by atoms with Gasteiger partial charge in [-0.15, -0.1) is 0 Å². The van der Waals surface area contributed by atoms with Gasteiger partial charge in [0.25, 0.3) is 0 Å². The molecule has 6 fully saturated rings. The molecule has 1 aromatic carbocycles. The summed E-state index contributed by atoms with van der Waals surface area (Å²) in [5.74, 6) is -0.149. The number of methoxy groups -OCH3 is 1. The van der Waals surface area contributed by atoms with Crippen molar-refractivity contribution in [1.29, 1.82) is 0 Å². The molecule has 0 heterocycles. The lowest BCUT2D eigenvalue weighted by molar-refractivity contribution is -0.162. The Balaban J connectivity index is 1.45. The van der Waals surface area contributed by atoms with Crippen LogP contribution in [0.3, 0.4) is 0 Å². The van der Waals surface area contributed by atoms with Gasteiger partial charge in [-0.1, -0.05) is 17.3 Å². The Hall–Kier alpha value is -2.64. The van der Waals surface area contributed by atoms with Crippen LogP contribution >= 0.6 is 0 Å². The van der Waals surface area contributed by atoms with E-state index in [0.717, 1.165) is 38.5 Å². The smallest absolute Gasteiger partial charge is 0.311 e. The van der Waals surface area contributed by atoms with E-state index in [2.05, 4.69) is 5.16 Å². The molecule has 7 nitrogen and oxygen atoms in total. The van der Waals surface area contributed by atoms with Gasteiger partial charge in [0.15, 0.2) is 5.84 Å². The molecule has 1 unspecified atom stereocenters. The first-order valence-electron chi connectivity index (χ1n) is 11.9. The maximum atomic E-state index is 14.3. The number of amides is 1. The van der Waals surface area contributed by atoms with Crippen molar-refractivity contribution in [3.05, 3.63) is 29.8 Å². The number of ether oxygens (including phenoxy) is 1. The Kier molecular flexibility index (Phi) is 5.18. The lowest BCUT2D eigenvalue weighted by Gasteiger charge is -2.54. The van der Waals surface area contributed by atoms with Gasteiger partial charge in [0, 0.05) is 17.8 Å². The molecule has 7 rings (SSSR count). The fraction of sp³-hybridized carbons (Fsp3) is 0.640. The van der Waals surface area contributed by atoms with E-state index in [9.17, 15) is 14.0 Å². The highest BCUT2D eigenvalue weighted by molar-refractivity contribution is 6.02. The van der Waals surface area contributed by atoms with E-state index in [1.165, 1.54) is 7.11 Å². The second-order valence-corrected chi connectivity index (χ2v) is 10.9. The number of anilines is 1. The van der Waals surface area contributed by atoms with Crippen molar-refractivity contribution < 1.29 is 23.9 Å². The predicted molar refractivity (Wildman–Crippen MR) is 121 cm³/mol. The molecule has 6 aliphatic rings. The Morgan fingerprint density at radius 2 is 1.82 bits per heavy atom. The van der Waals surface area contributed by atoms with Gasteiger partial charge in [-0.25, -0.2) is 4.39 Å². The minimum absolute atomic E-state index is 0.00231. The number of oxime groups is 1. The molecule has 0 aromatic heterocycles. The van der Waals surface area contributed by atoms with Crippen molar-refractivity contribution in [2.75, 3.05) is 18.6 Å². The van der Waals surface area contributed by atoms with E-state index in [0.29, 0.717) is 37.1 Å². The summed E-state index contributed by atoms with van der Waals surface area (Å²) in [6, 6.07) is 7.15. The molecule has 6 saturated carbocycles. The SMILES string of the molecule is COC(=O)C12CCC(CN(C(=O)C34CC(F)C(C3)C4)c3cccc(/C(N)=N/O)c3)(CC1)CC2. The van der Waals surface area contributed by atoms with Gasteiger partial charge in [0.05, 0.1) is 17.9 Å². The van der Waals surface area contributed by atoms with Gasteiger partial charge < -0.3 is 20.6 Å². The number of rotatable bonds is 6. The molecule has 33 heavy (non-hydrogen) atoms. The van der Waals surface area contributed by atoms with Crippen LogP contribution in [0.15, 0.2) is 29.4 Å². The number of nitrogens with zero attached hydrogens (tertiary/aromatic N) is 2. The molecule has 0 spiro atoms. The van der Waals surface area contributed by atoms with Crippen LogP contribution in [-0.4, -0.2) is 42.7 Å². The minimum Gasteiger partial charge on any atom is -0.469 e. The maximum Gasteiger partial charge on any atom is 0.311 e. The molecule has 0 saturated heterocycles. The molecule has 4 bridgehead atoms. The van der Waals surface area contributed by atoms with Crippen LogP contribution in [0.25, 0.3) is 0 Å². The molecule has 0 radical (unpaired) electrons. The number of carbonyl (C=O) groups is 2. The normalized spacial score (nSPS) is 36.8. The van der Waals surface area contributed by atoms with Gasteiger partial charge in [-0.05, 0) is 81.3 Å². The number of hydrogen-bond donors (Lipinski definition) is 2. The average Bonchev–Trinajstić information content (AvgIpc) is 3.35. The van der Waals surface area contributed by atoms with Crippen LogP contribution in [0.2, 0.25) is 0 Å². The summed E-state index contributed by atoms with van der Waals surface area (Å²) < 4.78 is 19.4. The summed E-state index contributed by atoms with van der Waals surface area (Å²) in [5, 5.41) is 12.2. The average molecular weight is 458 g/mol. The number of halogens is 1. The van der Waals surface area contributed by atoms with Crippen molar-refractivity contribution >= 4 is 23.4 Å². The summed E-state index contributed by atoms with van der Waals surface area (Å²) in [4.78, 5) is 28.2. The van der Waals surface area contributed by atoms with Crippen molar-refractivity contribution in [2.24, 2.45) is 33.1 Å². The van der Waals surface area contributed by atoms with Gasteiger partial charge in [-0.3, -0.25) is 9.59 Å². The summed E-state index contributed by atoms with van der Waals surface area (Å²) in [6.45, 7) is 0.534. The Morgan fingerprint density at radius 3 is 2.36 bits per heavy atom. The zero-order valence-electron chi connectivity index (χ0n) is 19.1. The fourth-order valence-corrected chi connectivity index (χ4v) is 6.98. The van der Waals surface area contributed by atoms with Gasteiger partial charge in [-0.2, -0.15) is 0 Å². The second kappa shape index (κ2) is 7.71. The van der Waals surface area contributed by atoms with Crippen LogP contribution in [0.5, 0.6) is 0 Å². The summed E-state index contributed by atoms with van der Waals surface area (Å²) in [7, 11) is 1.45. The van der Waals surface area contributed by atoms with Crippen LogP contribution in [0.1, 0.15) is 63.4 Å². The van der Waals surface area contributed by atoms with Crippen molar-refractivity contribution in [1.82, 2.24) is 0 Å². The largest absolute Gasteiger partial charge is 0.469 e. The number of benzene rings is 1. The predicted octanol–water partition coefficient (Wildman–Crippen LogP) is 3.77. The molecule has 0 aliphatic heterocycles. The first kappa shape index (κ1) is 22.2. The molecule has 178 valence electrons. The Labute approximate surface area is 193 Å². The fourth-order valence-electron chi connectivity index (χ4n) is 6.98. The molecule has 3 N–H and O–H groups in total. The lowest BCUT2D eigenvalue weighted by Crippen LogP contribution is -2.54. The summed E-state index contributed by atoms with van der Waals surface area (Å²) in [5.41, 5.74) is 5.95. The third-order valence-corrected chi connectivity index (χ3v) is 9.18. The molecule has 6 aliphatic carbocycles. The summed E-state index contributed by atoms with van der Waals surface area (Å²) >= 11 is 0. The number of carbonyl (C=O) groups excluding carboxylic acids is 2. The Morgan fingerprint density at radius 1 is 1.15 bits per heavy atom. The topological polar surface area (TPSA) is 105 Å². The minimum atomic E-state index is -0.900. The van der Waals surface area contributed by atoms with Gasteiger partial charge in [0.2, 0.25) is 5.91 Å². The first-order chi connectivity index (χ1) is 15.8. The lowest BCUT2D eigenvalue weighted by atomic mass is 9.53. The number of fused-ring (bicyclic) bond motifs is 4. The number of alkyl halides is 1. The number of esters is 1. The molecule has 1 atom stereocenters. The highest BCUT2D eigenvalue weighted by Crippen LogP contribution is 2.62. The zero-order chi connectivity index (χ0) is 23.4. The molecule has 1 amide bonds. The Bertz CT molecular complexity index is 979. The third kappa shape index (κ3) is 3.40. The number of amidine groups is 1. The standard InChI is InChI=1S/C25H32FN3O4/c1-33-22(31)24-8-5-23(6-9-24,7-10-24)15-29(18-4-2-3-16(11-18)20(27)28-32)21(30)25-12-17(13-25)19(26)14-25/h2-4,11,17,19,32H,5-10,12-15H2,1H3,(H2,27,28). The van der Waals surface area contributed by atoms with E-state index < -0.39 is 11.6 Å². The van der Waals surface area contributed by atoms with Crippen molar-refractivity contribution in [2.45, 2.75) is 64.0 Å². The van der Waals surface area contributed by atoms with E-state index in [1.807, 2.05) is 11.0 Å². The molecular formula is C25H32FN3O4. The first-order valence-corrected chi connectivity index (χ1v) is 11.9. The van der Waals surface area contributed by atoms with Crippen LogP contribution in [-0.2, 0) is 14.3 Å². The van der Waals surface area contributed by atoms with Crippen molar-refractivity contribution in [3.63, 3.8) is 0 Å². The third-order valence-electron chi connectivity index (χ3n) is 9.18. The van der Waals surface area contributed by atoms with E-state index in [4.69, 9.17) is 15.7 Å². The van der Waals surface area contributed by atoms with Gasteiger partial charge >= 0.3 is 5.97 Å². The van der Waals surface area contributed by atoms with E-state index >= 15 is 0 Å². The number of nitrogens with two attached hydrogens (primary N) is 1. The second-order valence-electron chi connectivity index (χ2n) is 10.9. The van der Waals surface area contributed by atoms with Crippen LogP contribution < -0.4 is 10.6 Å². The van der Waals surface area contributed by atoms with Crippen LogP contribution in [0, 0.1) is 22.2 Å². The molecule has 8 heteroatoms. The van der Waals surface area contributed by atoms with Crippen molar-refractivity contribution in [3.8, 4) is 0 Å². The highest BCUT2D eigenvalue weighted by atomic mass is 19.1.